The van der Waals surface area contributed by atoms with Crippen molar-refractivity contribution >= 4 is 23.2 Å². The first-order chi connectivity index (χ1) is 9.72. The van der Waals surface area contributed by atoms with Crippen LogP contribution in [0.1, 0.15) is 6.42 Å². The van der Waals surface area contributed by atoms with Crippen molar-refractivity contribution in [3.05, 3.63) is 41.7 Å². The lowest BCUT2D eigenvalue weighted by Gasteiger charge is -2.26. The topological polar surface area (TPSA) is 59.0 Å². The van der Waals surface area contributed by atoms with Crippen LogP contribution in [0, 0.1) is 5.92 Å². The van der Waals surface area contributed by atoms with Gasteiger partial charge in [0.05, 0.1) is 11.4 Å². The highest BCUT2D eigenvalue weighted by atomic mass is 35.5. The van der Waals surface area contributed by atoms with E-state index in [2.05, 4.69) is 15.7 Å². The van der Waals surface area contributed by atoms with E-state index >= 15 is 0 Å². The van der Waals surface area contributed by atoms with Crippen molar-refractivity contribution in [3.63, 3.8) is 0 Å². The predicted octanol–water partition coefficient (Wildman–Crippen LogP) is 2.07. The average Bonchev–Trinajstić information content (AvgIpc) is 2.88. The molecule has 1 aromatic carbocycles. The van der Waals surface area contributed by atoms with Crippen molar-refractivity contribution in [3.8, 4) is 5.69 Å². The Morgan fingerprint density at radius 1 is 1.50 bits per heavy atom. The molecule has 0 saturated carbocycles. The van der Waals surface area contributed by atoms with E-state index in [1.807, 2.05) is 18.3 Å². The minimum Gasteiger partial charge on any atom is -0.324 e. The Labute approximate surface area is 121 Å². The van der Waals surface area contributed by atoms with Crippen LogP contribution in [0.5, 0.6) is 0 Å². The number of nitrogens with zero attached hydrogens (tertiary/aromatic N) is 2. The molecule has 20 heavy (non-hydrogen) atoms. The molecule has 1 saturated heterocycles. The van der Waals surface area contributed by atoms with Gasteiger partial charge < -0.3 is 10.6 Å². The van der Waals surface area contributed by atoms with E-state index in [1.165, 1.54) is 0 Å². The fraction of sp³-hybridized carbons (Fsp3) is 0.286. The maximum absolute atomic E-state index is 12.0. The second-order valence-electron chi connectivity index (χ2n) is 4.89. The van der Waals surface area contributed by atoms with Crippen LogP contribution in [0.15, 0.2) is 36.7 Å². The number of benzene rings is 1. The van der Waals surface area contributed by atoms with Gasteiger partial charge in [-0.2, -0.15) is 5.10 Å². The lowest BCUT2D eigenvalue weighted by Crippen LogP contribution is -2.43. The number of amides is 1. The van der Waals surface area contributed by atoms with Gasteiger partial charge in [0.15, 0.2) is 0 Å². The third kappa shape index (κ3) is 2.84. The van der Waals surface area contributed by atoms with Crippen molar-refractivity contribution in [2.24, 2.45) is 5.92 Å². The lowest BCUT2D eigenvalue weighted by molar-refractivity contribution is -0.117. The maximum Gasteiger partial charge on any atom is 0.224 e. The van der Waals surface area contributed by atoms with Gasteiger partial charge in [0.2, 0.25) is 5.91 Å². The molecule has 0 aliphatic carbocycles. The van der Waals surface area contributed by atoms with Crippen molar-refractivity contribution < 1.29 is 4.79 Å². The largest absolute Gasteiger partial charge is 0.324 e. The third-order valence-corrected chi connectivity index (χ3v) is 3.56. The first kappa shape index (κ1) is 13.1. The molecule has 0 unspecified atom stereocenters. The molecular weight excluding hydrogens is 276 g/mol. The Balaban J connectivity index is 1.80. The van der Waals surface area contributed by atoms with Gasteiger partial charge in [0, 0.05) is 23.8 Å². The maximum atomic E-state index is 12.0. The number of rotatable bonds is 4. The van der Waals surface area contributed by atoms with E-state index in [-0.39, 0.29) is 5.91 Å². The number of hydrogen-bond acceptors (Lipinski definition) is 3. The summed E-state index contributed by atoms with van der Waals surface area (Å²) in [5.41, 5.74) is 1.48. The summed E-state index contributed by atoms with van der Waals surface area (Å²) in [6, 6.07) is 7.20. The van der Waals surface area contributed by atoms with Gasteiger partial charge in [0.25, 0.3) is 0 Å². The van der Waals surface area contributed by atoms with E-state index in [9.17, 15) is 4.79 Å². The Morgan fingerprint density at radius 3 is 3.00 bits per heavy atom. The van der Waals surface area contributed by atoms with E-state index in [4.69, 9.17) is 11.6 Å². The molecule has 1 aliphatic rings. The molecule has 5 nitrogen and oxygen atoms in total. The van der Waals surface area contributed by atoms with Crippen LogP contribution in [0.4, 0.5) is 5.69 Å². The van der Waals surface area contributed by atoms with Crippen LogP contribution in [0.2, 0.25) is 5.02 Å². The molecule has 2 heterocycles. The Kier molecular flexibility index (Phi) is 3.71. The van der Waals surface area contributed by atoms with Crippen LogP contribution in [0.25, 0.3) is 5.69 Å². The highest BCUT2D eigenvalue weighted by molar-refractivity contribution is 6.31. The van der Waals surface area contributed by atoms with E-state index in [0.717, 1.165) is 18.8 Å². The summed E-state index contributed by atoms with van der Waals surface area (Å²) < 4.78 is 1.71. The zero-order valence-electron chi connectivity index (χ0n) is 10.8. The molecular formula is C14H15ClN4O. The molecule has 1 aromatic heterocycles. The molecule has 0 spiro atoms. The van der Waals surface area contributed by atoms with Crippen LogP contribution >= 0.6 is 11.6 Å². The summed E-state index contributed by atoms with van der Waals surface area (Å²) in [5, 5.41) is 10.9. The summed E-state index contributed by atoms with van der Waals surface area (Å²) in [7, 11) is 0. The highest BCUT2D eigenvalue weighted by Gasteiger charge is 2.20. The molecule has 104 valence electrons. The molecule has 2 N–H and O–H groups in total. The fourth-order valence-corrected chi connectivity index (χ4v) is 2.35. The van der Waals surface area contributed by atoms with Gasteiger partial charge in [-0.05, 0) is 43.3 Å². The summed E-state index contributed by atoms with van der Waals surface area (Å²) in [4.78, 5) is 12.0. The minimum absolute atomic E-state index is 0.00664. The molecule has 0 atom stereocenters. The van der Waals surface area contributed by atoms with Crippen molar-refractivity contribution in [1.82, 2.24) is 15.1 Å². The lowest BCUT2D eigenvalue weighted by atomic mass is 9.99. The summed E-state index contributed by atoms with van der Waals surface area (Å²) in [5.74, 6) is 0.439. The second kappa shape index (κ2) is 5.64. The van der Waals surface area contributed by atoms with Gasteiger partial charge in [-0.15, -0.1) is 0 Å². The molecule has 0 bridgehead atoms. The smallest absolute Gasteiger partial charge is 0.224 e. The third-order valence-electron chi connectivity index (χ3n) is 3.32. The summed E-state index contributed by atoms with van der Waals surface area (Å²) >= 11 is 6.01. The van der Waals surface area contributed by atoms with E-state index in [0.29, 0.717) is 23.0 Å². The van der Waals surface area contributed by atoms with Gasteiger partial charge in [-0.1, -0.05) is 11.6 Å². The van der Waals surface area contributed by atoms with Crippen molar-refractivity contribution in [2.75, 3.05) is 18.4 Å². The van der Waals surface area contributed by atoms with Crippen LogP contribution in [-0.2, 0) is 4.79 Å². The first-order valence-corrected chi connectivity index (χ1v) is 6.90. The normalized spacial score (nSPS) is 14.8. The number of halogens is 1. The molecule has 6 heteroatoms. The predicted molar refractivity (Wildman–Crippen MR) is 78.2 cm³/mol. The summed E-state index contributed by atoms with van der Waals surface area (Å²) in [6.07, 6.45) is 4.05. The van der Waals surface area contributed by atoms with Gasteiger partial charge in [0.1, 0.15) is 0 Å². The van der Waals surface area contributed by atoms with E-state index in [1.54, 1.807) is 23.0 Å². The molecule has 2 aromatic rings. The van der Waals surface area contributed by atoms with Gasteiger partial charge in [-0.3, -0.25) is 4.79 Å². The molecule has 1 fully saturated rings. The Morgan fingerprint density at radius 2 is 2.35 bits per heavy atom. The van der Waals surface area contributed by atoms with Crippen LogP contribution < -0.4 is 10.6 Å². The van der Waals surface area contributed by atoms with Crippen LogP contribution in [-0.4, -0.2) is 28.8 Å². The van der Waals surface area contributed by atoms with Crippen molar-refractivity contribution in [1.29, 1.82) is 0 Å². The molecule has 1 amide bonds. The summed E-state index contributed by atoms with van der Waals surface area (Å²) in [6.45, 7) is 1.82. The Hall–Kier alpha value is -1.85. The fourth-order valence-electron chi connectivity index (χ4n) is 2.18. The molecule has 3 rings (SSSR count). The number of nitrogens with one attached hydrogen (secondary N) is 2. The monoisotopic (exact) mass is 290 g/mol. The zero-order chi connectivity index (χ0) is 13.9. The number of hydrogen-bond donors (Lipinski definition) is 2. The minimum atomic E-state index is 0.00664. The number of carbonyl (C=O) groups excluding carboxylic acids is 1. The quantitative estimate of drug-likeness (QED) is 0.906. The second-order valence-corrected chi connectivity index (χ2v) is 5.33. The zero-order valence-corrected chi connectivity index (χ0v) is 11.6. The molecule has 0 radical (unpaired) electrons. The SMILES string of the molecule is O=C(CC1CNC1)Nc1cc(Cl)ccc1-n1cccn1. The van der Waals surface area contributed by atoms with Gasteiger partial charge in [-0.25, -0.2) is 4.68 Å². The average molecular weight is 291 g/mol. The van der Waals surface area contributed by atoms with Crippen LogP contribution in [0.3, 0.4) is 0 Å². The number of aromatic nitrogens is 2. The highest BCUT2D eigenvalue weighted by Crippen LogP contribution is 2.24. The molecule has 1 aliphatic heterocycles. The first-order valence-electron chi connectivity index (χ1n) is 6.52. The van der Waals surface area contributed by atoms with Crippen molar-refractivity contribution in [2.45, 2.75) is 6.42 Å². The van der Waals surface area contributed by atoms with E-state index < -0.39 is 0 Å². The Bertz CT molecular complexity index is 608. The number of carbonyl (C=O) groups is 1. The number of anilines is 1. The van der Waals surface area contributed by atoms with Gasteiger partial charge >= 0.3 is 0 Å². The standard InChI is InChI=1S/C14H15ClN4O/c15-11-2-3-13(19-5-1-4-17-19)12(7-11)18-14(20)6-10-8-16-9-10/h1-5,7,10,16H,6,8-9H2,(H,18,20).